The van der Waals surface area contributed by atoms with Gasteiger partial charge in [0.2, 0.25) is 0 Å². The van der Waals surface area contributed by atoms with Crippen LogP contribution in [0.4, 0.5) is 4.39 Å². The van der Waals surface area contributed by atoms with Gasteiger partial charge in [-0.2, -0.15) is 0 Å². The molecule has 0 saturated carbocycles. The average Bonchev–Trinajstić information content (AvgIpc) is 2.21. The summed E-state index contributed by atoms with van der Waals surface area (Å²) in [6, 6.07) is 7.56. The Morgan fingerprint density at radius 3 is 2.38 bits per heavy atom. The Kier molecular flexibility index (Phi) is 4.99. The summed E-state index contributed by atoms with van der Waals surface area (Å²) in [4.78, 5) is 0. The first kappa shape index (κ1) is 13.7. The van der Waals surface area contributed by atoms with Gasteiger partial charge in [-0.3, -0.25) is 0 Å². The van der Waals surface area contributed by atoms with E-state index < -0.39 is 14.1 Å². The molecule has 90 valence electrons. The van der Waals surface area contributed by atoms with Crippen molar-refractivity contribution in [1.29, 1.82) is 0 Å². The van der Waals surface area contributed by atoms with Crippen molar-refractivity contribution in [2.24, 2.45) is 0 Å². The molecule has 0 heterocycles. The first-order chi connectivity index (χ1) is 7.45. The smallest absolute Gasteiger partial charge is 0.278 e. The summed E-state index contributed by atoms with van der Waals surface area (Å²) >= 11 is 3.36. The van der Waals surface area contributed by atoms with Crippen molar-refractivity contribution in [3.05, 3.63) is 28.7 Å². The van der Waals surface area contributed by atoms with Crippen molar-refractivity contribution >= 4 is 24.2 Å². The Hall–Kier alpha value is -0.353. The number of rotatable bonds is 5. The number of alkyl halides is 1. The lowest BCUT2D eigenvalue weighted by Crippen LogP contribution is -2.45. The first-order valence-corrected chi connectivity index (χ1v) is 9.32. The zero-order chi connectivity index (χ0) is 12.2. The Morgan fingerprint density at radius 2 is 1.88 bits per heavy atom. The number of benzene rings is 1. The normalized spacial score (nSPS) is 13.6. The van der Waals surface area contributed by atoms with Crippen molar-refractivity contribution < 1.29 is 8.82 Å². The largest absolute Gasteiger partial charge is 0.541 e. The van der Waals surface area contributed by atoms with Crippen molar-refractivity contribution in [3.8, 4) is 5.75 Å². The minimum Gasteiger partial charge on any atom is -0.541 e. The van der Waals surface area contributed by atoms with Crippen LogP contribution in [0.5, 0.6) is 5.75 Å². The number of hydrogen-bond acceptors (Lipinski definition) is 1. The minimum absolute atomic E-state index is 0.593. The highest BCUT2D eigenvalue weighted by Gasteiger charge is 2.35. The molecule has 1 aromatic carbocycles. The maximum absolute atomic E-state index is 13.9. The molecule has 0 radical (unpaired) electrons. The lowest BCUT2D eigenvalue weighted by atomic mass is 10.3. The standard InChI is InChI=1S/C12H18BrFOSi/c1-4-5-12(14)16(2,3)15-11-8-6-10(13)7-9-11/h6-9,12H,4-5H2,1-3H3. The van der Waals surface area contributed by atoms with Gasteiger partial charge in [-0.05, 0) is 43.8 Å². The van der Waals surface area contributed by atoms with Gasteiger partial charge in [-0.15, -0.1) is 0 Å². The van der Waals surface area contributed by atoms with Crippen LogP contribution >= 0.6 is 15.9 Å². The van der Waals surface area contributed by atoms with Crippen molar-refractivity contribution in [2.75, 3.05) is 0 Å². The first-order valence-electron chi connectivity index (χ1n) is 5.54. The lowest BCUT2D eigenvalue weighted by molar-refractivity contribution is 0.357. The van der Waals surface area contributed by atoms with Gasteiger partial charge in [0.15, 0.2) is 0 Å². The average molecular weight is 305 g/mol. The van der Waals surface area contributed by atoms with Gasteiger partial charge >= 0.3 is 0 Å². The summed E-state index contributed by atoms with van der Waals surface area (Å²) < 4.78 is 20.7. The van der Waals surface area contributed by atoms with Crippen LogP contribution in [0.15, 0.2) is 28.7 Å². The molecule has 0 aliphatic rings. The van der Waals surface area contributed by atoms with Gasteiger partial charge < -0.3 is 4.43 Å². The maximum atomic E-state index is 13.9. The van der Waals surface area contributed by atoms with E-state index in [0.29, 0.717) is 6.42 Å². The Morgan fingerprint density at radius 1 is 1.31 bits per heavy atom. The molecule has 0 bridgehead atoms. The lowest BCUT2D eigenvalue weighted by Gasteiger charge is -2.27. The molecule has 0 aliphatic carbocycles. The van der Waals surface area contributed by atoms with Crippen molar-refractivity contribution in [1.82, 2.24) is 0 Å². The van der Waals surface area contributed by atoms with Crippen LogP contribution < -0.4 is 4.43 Å². The molecule has 1 rings (SSSR count). The van der Waals surface area contributed by atoms with E-state index in [0.717, 1.165) is 16.6 Å². The van der Waals surface area contributed by atoms with Crippen molar-refractivity contribution in [2.45, 2.75) is 38.7 Å². The van der Waals surface area contributed by atoms with E-state index in [-0.39, 0.29) is 0 Å². The van der Waals surface area contributed by atoms with Gasteiger partial charge in [0.05, 0.1) is 0 Å². The van der Waals surface area contributed by atoms with E-state index in [1.54, 1.807) is 0 Å². The van der Waals surface area contributed by atoms with Crippen LogP contribution in [0.1, 0.15) is 19.8 Å². The highest BCUT2D eigenvalue weighted by Crippen LogP contribution is 2.24. The highest BCUT2D eigenvalue weighted by atomic mass is 79.9. The molecule has 0 spiro atoms. The van der Waals surface area contributed by atoms with E-state index in [4.69, 9.17) is 4.43 Å². The molecule has 1 atom stereocenters. The molecule has 0 aromatic heterocycles. The molecule has 0 aliphatic heterocycles. The second-order valence-electron chi connectivity index (χ2n) is 4.42. The third-order valence-corrected chi connectivity index (χ3v) is 5.58. The number of hydrogen-bond donors (Lipinski definition) is 0. The predicted molar refractivity (Wildman–Crippen MR) is 72.1 cm³/mol. The van der Waals surface area contributed by atoms with Crippen LogP contribution in [-0.2, 0) is 0 Å². The summed E-state index contributed by atoms with van der Waals surface area (Å²) in [6.07, 6.45) is 1.46. The van der Waals surface area contributed by atoms with Crippen LogP contribution in [0.3, 0.4) is 0 Å². The molecule has 1 aromatic rings. The van der Waals surface area contributed by atoms with Gasteiger partial charge in [-0.1, -0.05) is 29.3 Å². The quantitative estimate of drug-likeness (QED) is 0.716. The maximum Gasteiger partial charge on any atom is 0.278 e. The van der Waals surface area contributed by atoms with E-state index in [2.05, 4.69) is 15.9 Å². The van der Waals surface area contributed by atoms with Gasteiger partial charge in [-0.25, -0.2) is 4.39 Å². The molecule has 0 fully saturated rings. The molecule has 0 saturated heterocycles. The van der Waals surface area contributed by atoms with E-state index in [1.807, 2.05) is 44.3 Å². The molecule has 0 N–H and O–H groups in total. The Labute approximate surface area is 106 Å². The fourth-order valence-electron chi connectivity index (χ4n) is 1.47. The van der Waals surface area contributed by atoms with Crippen LogP contribution in [0, 0.1) is 0 Å². The number of halogens is 2. The molecule has 4 heteroatoms. The summed E-state index contributed by atoms with van der Waals surface area (Å²) in [7, 11) is -2.27. The molecule has 16 heavy (non-hydrogen) atoms. The summed E-state index contributed by atoms with van der Waals surface area (Å²) in [5, 5.41) is 0. The van der Waals surface area contributed by atoms with Gasteiger partial charge in [0.25, 0.3) is 8.32 Å². The molecule has 1 nitrogen and oxygen atoms in total. The monoisotopic (exact) mass is 304 g/mol. The summed E-state index contributed by atoms with van der Waals surface area (Å²) in [5.41, 5.74) is 0. The molecular formula is C12H18BrFOSi. The second-order valence-corrected chi connectivity index (χ2v) is 9.37. The fourth-order valence-corrected chi connectivity index (χ4v) is 3.59. The Balaban J connectivity index is 2.68. The topological polar surface area (TPSA) is 9.23 Å². The van der Waals surface area contributed by atoms with Crippen LogP contribution in [0.25, 0.3) is 0 Å². The van der Waals surface area contributed by atoms with E-state index >= 15 is 0 Å². The summed E-state index contributed by atoms with van der Waals surface area (Å²) in [5.74, 6) is -0.0419. The van der Waals surface area contributed by atoms with Gasteiger partial charge in [0.1, 0.15) is 11.5 Å². The van der Waals surface area contributed by atoms with E-state index in [1.165, 1.54) is 0 Å². The van der Waals surface area contributed by atoms with E-state index in [9.17, 15) is 4.39 Å². The molecule has 0 amide bonds. The van der Waals surface area contributed by atoms with Crippen molar-refractivity contribution in [3.63, 3.8) is 0 Å². The zero-order valence-corrected chi connectivity index (χ0v) is 12.6. The molecular weight excluding hydrogens is 287 g/mol. The fraction of sp³-hybridized carbons (Fsp3) is 0.500. The van der Waals surface area contributed by atoms with Crippen LogP contribution in [0.2, 0.25) is 13.1 Å². The zero-order valence-electron chi connectivity index (χ0n) is 9.97. The molecule has 1 unspecified atom stereocenters. The summed E-state index contributed by atoms with van der Waals surface area (Å²) in [6.45, 7) is 5.85. The van der Waals surface area contributed by atoms with Crippen LogP contribution in [-0.4, -0.2) is 14.1 Å². The van der Waals surface area contributed by atoms with Gasteiger partial charge in [0, 0.05) is 4.47 Å². The third-order valence-electron chi connectivity index (χ3n) is 2.49. The third kappa shape index (κ3) is 3.90. The minimum atomic E-state index is -2.27. The predicted octanol–water partition coefficient (Wildman–Crippen LogP) is 4.71. The SMILES string of the molecule is CCCC(F)[Si](C)(C)Oc1ccc(Br)cc1. The Bertz CT molecular complexity index is 326. The highest BCUT2D eigenvalue weighted by molar-refractivity contribution is 9.10. The second kappa shape index (κ2) is 5.82.